The SMILES string of the molecule is Cc1ccc(F)cc1-n1nc(CNC(=O)CN2CCN(CC(O)COc3ccc(C(F)(F)F)cc3)CC2)cc1CC(C)C. The first-order valence-corrected chi connectivity index (χ1v) is 14.4. The third-order valence-corrected chi connectivity index (χ3v) is 7.24. The number of piperazine rings is 1. The summed E-state index contributed by atoms with van der Waals surface area (Å²) in [5, 5.41) is 18.0. The van der Waals surface area contributed by atoms with Gasteiger partial charge in [0.25, 0.3) is 0 Å². The molecule has 3 aromatic rings. The molecule has 2 N–H and O–H groups in total. The Balaban J connectivity index is 1.20. The summed E-state index contributed by atoms with van der Waals surface area (Å²) < 4.78 is 59.3. The van der Waals surface area contributed by atoms with Gasteiger partial charge in [0.15, 0.2) is 0 Å². The number of β-amino-alcohol motifs (C(OH)–C–C–N with tert-alkyl or cyclic N) is 1. The Labute approximate surface area is 249 Å². The zero-order valence-corrected chi connectivity index (χ0v) is 24.7. The highest BCUT2D eigenvalue weighted by atomic mass is 19.4. The fraction of sp³-hybridized carbons (Fsp3) is 0.484. The highest BCUT2D eigenvalue weighted by molar-refractivity contribution is 5.78. The number of nitrogens with one attached hydrogen (secondary N) is 1. The lowest BCUT2D eigenvalue weighted by atomic mass is 10.1. The summed E-state index contributed by atoms with van der Waals surface area (Å²) in [7, 11) is 0. The first kappa shape index (κ1) is 32.4. The van der Waals surface area contributed by atoms with Gasteiger partial charge in [-0.1, -0.05) is 19.9 Å². The van der Waals surface area contributed by atoms with Crippen LogP contribution < -0.4 is 10.1 Å². The van der Waals surface area contributed by atoms with Crippen LogP contribution in [0.25, 0.3) is 5.69 Å². The molecule has 0 saturated carbocycles. The molecule has 0 bridgehead atoms. The number of carbonyl (C=O) groups is 1. The van der Waals surface area contributed by atoms with Crippen LogP contribution in [-0.2, 0) is 23.9 Å². The number of halogens is 4. The standard InChI is InChI=1S/C31H39F4N5O3/c1-21(2)14-26-16-25(37-40(26)29-15-24(32)7-4-22(29)3)17-36-30(42)19-39-12-10-38(11-13-39)18-27(41)20-43-28-8-5-23(6-9-28)31(33,34)35/h4-9,15-16,21,27,41H,10-14,17-20H2,1-3H3,(H,36,42). The van der Waals surface area contributed by atoms with E-state index in [9.17, 15) is 27.5 Å². The summed E-state index contributed by atoms with van der Waals surface area (Å²) >= 11 is 0. The lowest BCUT2D eigenvalue weighted by Gasteiger charge is -2.35. The predicted molar refractivity (Wildman–Crippen MR) is 154 cm³/mol. The molecule has 43 heavy (non-hydrogen) atoms. The number of aliphatic hydroxyl groups excluding tert-OH is 1. The Morgan fingerprint density at radius 3 is 2.37 bits per heavy atom. The van der Waals surface area contributed by atoms with Crippen LogP contribution in [0, 0.1) is 18.7 Å². The molecule has 0 aliphatic carbocycles. The molecular weight excluding hydrogens is 566 g/mol. The predicted octanol–water partition coefficient (Wildman–Crippen LogP) is 4.21. The van der Waals surface area contributed by atoms with Crippen molar-refractivity contribution in [3.05, 3.63) is 76.9 Å². The van der Waals surface area contributed by atoms with E-state index >= 15 is 0 Å². The van der Waals surface area contributed by atoms with Gasteiger partial charge in [0, 0.05) is 38.4 Å². The van der Waals surface area contributed by atoms with Gasteiger partial charge in [-0.15, -0.1) is 0 Å². The van der Waals surface area contributed by atoms with E-state index in [0.29, 0.717) is 50.0 Å². The normalized spacial score (nSPS) is 15.6. The molecule has 12 heteroatoms. The number of carbonyl (C=O) groups excluding carboxylic acids is 1. The van der Waals surface area contributed by atoms with Crippen molar-refractivity contribution in [3.8, 4) is 11.4 Å². The first-order valence-electron chi connectivity index (χ1n) is 14.4. The second-order valence-electron chi connectivity index (χ2n) is 11.4. The zero-order valence-electron chi connectivity index (χ0n) is 24.7. The number of benzene rings is 2. The Morgan fingerprint density at radius 2 is 1.72 bits per heavy atom. The summed E-state index contributed by atoms with van der Waals surface area (Å²) in [6.45, 7) is 9.53. The van der Waals surface area contributed by atoms with Gasteiger partial charge < -0.3 is 15.2 Å². The minimum Gasteiger partial charge on any atom is -0.491 e. The van der Waals surface area contributed by atoms with E-state index in [1.54, 1.807) is 10.7 Å². The topological polar surface area (TPSA) is 82.9 Å². The molecule has 1 amide bonds. The maximum absolute atomic E-state index is 14.0. The molecule has 0 radical (unpaired) electrons. The molecule has 1 unspecified atom stereocenters. The van der Waals surface area contributed by atoms with Crippen molar-refractivity contribution in [1.29, 1.82) is 0 Å². The molecule has 8 nitrogen and oxygen atoms in total. The lowest BCUT2D eigenvalue weighted by Crippen LogP contribution is -2.51. The largest absolute Gasteiger partial charge is 0.491 e. The third-order valence-electron chi connectivity index (χ3n) is 7.24. The van der Waals surface area contributed by atoms with Crippen LogP contribution in [-0.4, -0.2) is 82.6 Å². The second-order valence-corrected chi connectivity index (χ2v) is 11.4. The summed E-state index contributed by atoms with van der Waals surface area (Å²) in [6.07, 6.45) is -4.46. The van der Waals surface area contributed by atoms with E-state index in [1.807, 2.05) is 17.9 Å². The average Bonchev–Trinajstić information content (AvgIpc) is 3.34. The third kappa shape index (κ3) is 9.50. The van der Waals surface area contributed by atoms with Crippen LogP contribution in [0.15, 0.2) is 48.5 Å². The number of aromatic nitrogens is 2. The minimum absolute atomic E-state index is 0.0403. The molecule has 1 aromatic heterocycles. The van der Waals surface area contributed by atoms with E-state index in [0.717, 1.165) is 29.8 Å². The van der Waals surface area contributed by atoms with Crippen LogP contribution in [0.3, 0.4) is 0 Å². The van der Waals surface area contributed by atoms with Crippen molar-refractivity contribution >= 4 is 5.91 Å². The number of aliphatic hydroxyl groups is 1. The number of rotatable bonds is 12. The van der Waals surface area contributed by atoms with Gasteiger partial charge in [-0.3, -0.25) is 14.6 Å². The summed E-state index contributed by atoms with van der Waals surface area (Å²) in [5.41, 5.74) is 2.49. The van der Waals surface area contributed by atoms with Crippen molar-refractivity contribution in [3.63, 3.8) is 0 Å². The van der Waals surface area contributed by atoms with Crippen LogP contribution in [0.1, 0.15) is 36.4 Å². The van der Waals surface area contributed by atoms with Crippen molar-refractivity contribution in [2.24, 2.45) is 5.92 Å². The Kier molecular flexibility index (Phi) is 10.8. The monoisotopic (exact) mass is 605 g/mol. The van der Waals surface area contributed by atoms with Crippen molar-refractivity contribution in [1.82, 2.24) is 24.9 Å². The Bertz CT molecular complexity index is 1350. The first-order chi connectivity index (χ1) is 20.4. The molecule has 234 valence electrons. The second kappa shape index (κ2) is 14.3. The highest BCUT2D eigenvalue weighted by Crippen LogP contribution is 2.30. The molecule has 0 spiro atoms. The highest BCUT2D eigenvalue weighted by Gasteiger charge is 2.30. The van der Waals surface area contributed by atoms with E-state index in [1.165, 1.54) is 24.3 Å². The Hall–Kier alpha value is -3.48. The van der Waals surface area contributed by atoms with E-state index in [4.69, 9.17) is 4.74 Å². The summed E-state index contributed by atoms with van der Waals surface area (Å²) in [5.74, 6) is 0.177. The molecule has 4 rings (SSSR count). The van der Waals surface area contributed by atoms with E-state index < -0.39 is 17.8 Å². The molecule has 1 aliphatic heterocycles. The maximum Gasteiger partial charge on any atom is 0.416 e. The Morgan fingerprint density at radius 1 is 1.05 bits per heavy atom. The molecule has 1 fully saturated rings. The number of hydrogen-bond donors (Lipinski definition) is 2. The van der Waals surface area contributed by atoms with Gasteiger partial charge in [0.1, 0.15) is 24.3 Å². The summed E-state index contributed by atoms with van der Waals surface area (Å²) in [6, 6.07) is 10.9. The number of aryl methyl sites for hydroxylation is 1. The number of nitrogens with zero attached hydrogens (tertiary/aromatic N) is 4. The maximum atomic E-state index is 14.0. The number of amides is 1. The van der Waals surface area contributed by atoms with Gasteiger partial charge in [0.05, 0.1) is 30.0 Å². The van der Waals surface area contributed by atoms with Gasteiger partial charge in [-0.05, 0) is 67.3 Å². The average molecular weight is 606 g/mol. The number of hydrogen-bond acceptors (Lipinski definition) is 6. The van der Waals surface area contributed by atoms with Gasteiger partial charge in [0.2, 0.25) is 5.91 Å². The minimum atomic E-state index is -4.41. The lowest BCUT2D eigenvalue weighted by molar-refractivity contribution is -0.137. The zero-order chi connectivity index (χ0) is 31.1. The fourth-order valence-corrected chi connectivity index (χ4v) is 5.01. The quantitative estimate of drug-likeness (QED) is 0.301. The molecule has 2 heterocycles. The van der Waals surface area contributed by atoms with Gasteiger partial charge in [-0.2, -0.15) is 18.3 Å². The van der Waals surface area contributed by atoms with E-state index in [-0.39, 0.29) is 37.2 Å². The van der Waals surface area contributed by atoms with Crippen molar-refractivity contribution in [2.45, 2.75) is 46.0 Å². The molecular formula is C31H39F4N5O3. The molecule has 1 aliphatic rings. The molecule has 1 saturated heterocycles. The van der Waals surface area contributed by atoms with Crippen molar-refractivity contribution < 1.29 is 32.2 Å². The smallest absolute Gasteiger partial charge is 0.416 e. The van der Waals surface area contributed by atoms with Gasteiger partial charge >= 0.3 is 6.18 Å². The van der Waals surface area contributed by atoms with E-state index in [2.05, 4.69) is 29.2 Å². The van der Waals surface area contributed by atoms with Crippen LogP contribution in [0.5, 0.6) is 5.75 Å². The van der Waals surface area contributed by atoms with Crippen LogP contribution in [0.2, 0.25) is 0 Å². The van der Waals surface area contributed by atoms with Crippen LogP contribution in [0.4, 0.5) is 17.6 Å². The molecule has 1 atom stereocenters. The van der Waals surface area contributed by atoms with Gasteiger partial charge in [-0.25, -0.2) is 9.07 Å². The number of alkyl halides is 3. The molecule has 2 aromatic carbocycles. The summed E-state index contributed by atoms with van der Waals surface area (Å²) in [4.78, 5) is 16.8. The fourth-order valence-electron chi connectivity index (χ4n) is 5.01. The van der Waals surface area contributed by atoms with Crippen LogP contribution >= 0.6 is 0 Å². The number of ether oxygens (including phenoxy) is 1. The van der Waals surface area contributed by atoms with Crippen molar-refractivity contribution in [2.75, 3.05) is 45.9 Å².